The van der Waals surface area contributed by atoms with Crippen LogP contribution in [0.2, 0.25) is 0 Å². The summed E-state index contributed by atoms with van der Waals surface area (Å²) in [6, 6.07) is 8.10. The Morgan fingerprint density at radius 1 is 1.30 bits per heavy atom. The zero-order valence-electron chi connectivity index (χ0n) is 17.4. The second-order valence-corrected chi connectivity index (χ2v) is 9.00. The Balaban J connectivity index is 2.26. The molecule has 0 amide bonds. The average Bonchev–Trinajstić information content (AvgIpc) is 2.59. The second-order valence-electron chi connectivity index (χ2n) is 9.00. The lowest BCUT2D eigenvalue weighted by atomic mass is 9.61. The van der Waals surface area contributed by atoms with E-state index in [0.29, 0.717) is 5.92 Å². The van der Waals surface area contributed by atoms with Crippen molar-refractivity contribution in [3.8, 4) is 5.75 Å². The highest BCUT2D eigenvalue weighted by atomic mass is 16.6. The van der Waals surface area contributed by atoms with Gasteiger partial charge in [0, 0.05) is 12.0 Å². The molecule has 1 fully saturated rings. The number of esters is 1. The summed E-state index contributed by atoms with van der Waals surface area (Å²) in [6.45, 7) is 11.9. The van der Waals surface area contributed by atoms with Crippen molar-refractivity contribution in [2.75, 3.05) is 13.7 Å². The normalized spacial score (nSPS) is 25.7. The molecule has 0 aromatic heterocycles. The van der Waals surface area contributed by atoms with Gasteiger partial charge in [0.05, 0.1) is 13.5 Å². The Kier molecular flexibility index (Phi) is 6.74. The van der Waals surface area contributed by atoms with Crippen LogP contribution in [0.15, 0.2) is 36.4 Å². The maximum Gasteiger partial charge on any atom is 0.306 e. The SMILES string of the molecule is C=C(C)[C@@H]1CC[C@@](CO)(CC(=O)OC(C)(C)C)C[C@H]1c1ccc(OC)cc1. The highest BCUT2D eigenvalue weighted by Crippen LogP contribution is 2.51. The number of benzene rings is 1. The molecule has 0 spiro atoms. The molecule has 150 valence electrons. The summed E-state index contributed by atoms with van der Waals surface area (Å²) in [6.07, 6.45) is 2.70. The number of carbonyl (C=O) groups excluding carboxylic acids is 1. The zero-order valence-corrected chi connectivity index (χ0v) is 17.4. The standard InChI is InChI=1S/C23H34O4/c1-16(2)19-11-12-23(15-24,14-21(25)27-22(3,4)5)13-20(19)17-7-9-18(26-6)10-8-17/h7-10,19-20,24H,1,11-15H2,2-6H3/t19-,20-,23-/m0/s1. The molecule has 0 unspecified atom stereocenters. The van der Waals surface area contributed by atoms with E-state index in [2.05, 4.69) is 25.6 Å². The lowest BCUT2D eigenvalue weighted by Crippen LogP contribution is -2.39. The van der Waals surface area contributed by atoms with Gasteiger partial charge in [-0.15, -0.1) is 0 Å². The monoisotopic (exact) mass is 374 g/mol. The van der Waals surface area contributed by atoms with Gasteiger partial charge in [0.1, 0.15) is 11.4 Å². The van der Waals surface area contributed by atoms with Crippen molar-refractivity contribution < 1.29 is 19.4 Å². The fourth-order valence-corrected chi connectivity index (χ4v) is 4.21. The fourth-order valence-electron chi connectivity index (χ4n) is 4.21. The molecule has 27 heavy (non-hydrogen) atoms. The molecule has 0 heterocycles. The number of aliphatic hydroxyl groups excluding tert-OH is 1. The molecule has 1 aliphatic carbocycles. The molecule has 0 saturated heterocycles. The summed E-state index contributed by atoms with van der Waals surface area (Å²) >= 11 is 0. The number of hydrogen-bond acceptors (Lipinski definition) is 4. The summed E-state index contributed by atoms with van der Waals surface area (Å²) in [5.74, 6) is 1.15. The third-order valence-corrected chi connectivity index (χ3v) is 5.58. The Labute approximate surface area is 163 Å². The van der Waals surface area contributed by atoms with Crippen molar-refractivity contribution in [3.05, 3.63) is 42.0 Å². The van der Waals surface area contributed by atoms with Crippen LogP contribution in [0.25, 0.3) is 0 Å². The third kappa shape index (κ3) is 5.58. The largest absolute Gasteiger partial charge is 0.497 e. The maximum absolute atomic E-state index is 12.5. The molecule has 1 saturated carbocycles. The van der Waals surface area contributed by atoms with Gasteiger partial charge in [-0.05, 0) is 76.5 Å². The van der Waals surface area contributed by atoms with Crippen LogP contribution >= 0.6 is 0 Å². The van der Waals surface area contributed by atoms with Gasteiger partial charge in [-0.1, -0.05) is 24.3 Å². The van der Waals surface area contributed by atoms with Gasteiger partial charge < -0.3 is 14.6 Å². The lowest BCUT2D eigenvalue weighted by Gasteiger charge is -2.44. The number of methoxy groups -OCH3 is 1. The Hall–Kier alpha value is -1.81. The first-order valence-corrected chi connectivity index (χ1v) is 9.71. The van der Waals surface area contributed by atoms with E-state index in [1.807, 2.05) is 32.9 Å². The molecule has 1 aliphatic rings. The third-order valence-electron chi connectivity index (χ3n) is 5.58. The Bertz CT molecular complexity index is 656. The molecule has 4 nitrogen and oxygen atoms in total. The summed E-state index contributed by atoms with van der Waals surface area (Å²) in [4.78, 5) is 12.5. The minimum absolute atomic E-state index is 0.0121. The number of carbonyl (C=O) groups is 1. The number of hydrogen-bond donors (Lipinski definition) is 1. The van der Waals surface area contributed by atoms with Crippen molar-refractivity contribution in [2.45, 2.75) is 64.9 Å². The Morgan fingerprint density at radius 3 is 2.41 bits per heavy atom. The average molecular weight is 375 g/mol. The van der Waals surface area contributed by atoms with Gasteiger partial charge in [-0.25, -0.2) is 0 Å². The van der Waals surface area contributed by atoms with Crippen LogP contribution in [-0.2, 0) is 9.53 Å². The molecule has 0 bridgehead atoms. The van der Waals surface area contributed by atoms with E-state index in [0.717, 1.165) is 30.6 Å². The maximum atomic E-state index is 12.5. The number of allylic oxidation sites excluding steroid dienone is 1. The summed E-state index contributed by atoms with van der Waals surface area (Å²) < 4.78 is 10.8. The van der Waals surface area contributed by atoms with Gasteiger partial charge >= 0.3 is 5.97 Å². The molecule has 4 heteroatoms. The van der Waals surface area contributed by atoms with Crippen molar-refractivity contribution in [2.24, 2.45) is 11.3 Å². The quantitative estimate of drug-likeness (QED) is 0.570. The molecular weight excluding hydrogens is 340 g/mol. The fraction of sp³-hybridized carbons (Fsp3) is 0.609. The predicted molar refractivity (Wildman–Crippen MR) is 108 cm³/mol. The summed E-state index contributed by atoms with van der Waals surface area (Å²) in [7, 11) is 1.66. The lowest BCUT2D eigenvalue weighted by molar-refractivity contribution is -0.159. The molecular formula is C23H34O4. The van der Waals surface area contributed by atoms with Gasteiger partial charge in [-0.3, -0.25) is 4.79 Å². The van der Waals surface area contributed by atoms with Crippen LogP contribution in [0.3, 0.4) is 0 Å². The highest BCUT2D eigenvalue weighted by molar-refractivity contribution is 5.71. The van der Waals surface area contributed by atoms with Crippen LogP contribution < -0.4 is 4.74 Å². The molecule has 1 N–H and O–H groups in total. The van der Waals surface area contributed by atoms with Gasteiger partial charge in [0.15, 0.2) is 0 Å². The molecule has 0 aliphatic heterocycles. The van der Waals surface area contributed by atoms with Crippen molar-refractivity contribution >= 4 is 5.97 Å². The van der Waals surface area contributed by atoms with Crippen molar-refractivity contribution in [1.82, 2.24) is 0 Å². The minimum atomic E-state index is -0.516. The van der Waals surface area contributed by atoms with E-state index in [-0.39, 0.29) is 24.9 Å². The van der Waals surface area contributed by atoms with Crippen LogP contribution in [0.1, 0.15) is 64.9 Å². The van der Waals surface area contributed by atoms with E-state index < -0.39 is 11.0 Å². The van der Waals surface area contributed by atoms with Gasteiger partial charge in [-0.2, -0.15) is 0 Å². The van der Waals surface area contributed by atoms with Crippen molar-refractivity contribution in [3.63, 3.8) is 0 Å². The van der Waals surface area contributed by atoms with Crippen molar-refractivity contribution in [1.29, 1.82) is 0 Å². The zero-order chi connectivity index (χ0) is 20.2. The van der Waals surface area contributed by atoms with Crippen LogP contribution in [0.5, 0.6) is 5.75 Å². The van der Waals surface area contributed by atoms with Gasteiger partial charge in [0.25, 0.3) is 0 Å². The minimum Gasteiger partial charge on any atom is -0.497 e. The molecule has 3 atom stereocenters. The molecule has 2 rings (SSSR count). The summed E-state index contributed by atoms with van der Waals surface area (Å²) in [5.41, 5.74) is 1.39. The molecule has 1 aromatic carbocycles. The number of ether oxygens (including phenoxy) is 2. The molecule has 0 radical (unpaired) electrons. The summed E-state index contributed by atoms with van der Waals surface area (Å²) in [5, 5.41) is 10.2. The topological polar surface area (TPSA) is 55.8 Å². The van der Waals surface area contributed by atoms with E-state index >= 15 is 0 Å². The van der Waals surface area contributed by atoms with E-state index in [9.17, 15) is 9.90 Å². The first-order valence-electron chi connectivity index (χ1n) is 9.71. The first kappa shape index (κ1) is 21.5. The smallest absolute Gasteiger partial charge is 0.306 e. The predicted octanol–water partition coefficient (Wildman–Crippen LogP) is 4.87. The number of rotatable bonds is 6. The molecule has 1 aromatic rings. The number of aliphatic hydroxyl groups is 1. The van der Waals surface area contributed by atoms with Crippen LogP contribution in [0, 0.1) is 11.3 Å². The van der Waals surface area contributed by atoms with Crippen LogP contribution in [0.4, 0.5) is 0 Å². The second kappa shape index (κ2) is 8.47. The van der Waals surface area contributed by atoms with E-state index in [1.54, 1.807) is 7.11 Å². The Morgan fingerprint density at radius 2 is 1.93 bits per heavy atom. The van der Waals surface area contributed by atoms with Crippen LogP contribution in [-0.4, -0.2) is 30.4 Å². The first-order chi connectivity index (χ1) is 12.6. The van der Waals surface area contributed by atoms with E-state index in [1.165, 1.54) is 5.56 Å². The van der Waals surface area contributed by atoms with Gasteiger partial charge in [0.2, 0.25) is 0 Å². The van der Waals surface area contributed by atoms with E-state index in [4.69, 9.17) is 9.47 Å². The highest BCUT2D eigenvalue weighted by Gasteiger charge is 2.43.